The van der Waals surface area contributed by atoms with Gasteiger partial charge in [-0.2, -0.15) is 0 Å². The van der Waals surface area contributed by atoms with E-state index in [0.717, 1.165) is 18.5 Å². The third-order valence-electron chi connectivity index (χ3n) is 2.54. The van der Waals surface area contributed by atoms with E-state index < -0.39 is 0 Å². The van der Waals surface area contributed by atoms with Gasteiger partial charge in [-0.3, -0.25) is 4.99 Å². The van der Waals surface area contributed by atoms with Crippen molar-refractivity contribution in [3.05, 3.63) is 11.3 Å². The Morgan fingerprint density at radius 2 is 2.08 bits per heavy atom. The molecule has 1 heterocycles. The molecule has 0 fully saturated rings. The molecule has 0 saturated heterocycles. The van der Waals surface area contributed by atoms with E-state index in [1.807, 2.05) is 6.21 Å². The smallest absolute Gasteiger partial charge is 0.0962 e. The van der Waals surface area contributed by atoms with E-state index in [1.54, 1.807) is 7.11 Å². The largest absolute Gasteiger partial charge is 0.375 e. The van der Waals surface area contributed by atoms with Gasteiger partial charge >= 0.3 is 0 Å². The zero-order valence-electron chi connectivity index (χ0n) is 9.00. The van der Waals surface area contributed by atoms with Crippen LogP contribution in [0.15, 0.2) is 16.3 Å². The van der Waals surface area contributed by atoms with Crippen LogP contribution in [0.1, 0.15) is 33.6 Å². The predicted octanol–water partition coefficient (Wildman–Crippen LogP) is 2.80. The van der Waals surface area contributed by atoms with E-state index in [1.165, 1.54) is 5.57 Å². The number of nitrogens with zero attached hydrogens (tertiary/aromatic N) is 1. The summed E-state index contributed by atoms with van der Waals surface area (Å²) in [6.07, 6.45) is 4.35. The van der Waals surface area contributed by atoms with Crippen LogP contribution in [0.25, 0.3) is 0 Å². The van der Waals surface area contributed by atoms with Gasteiger partial charge in [-0.25, -0.2) is 0 Å². The molecule has 0 aromatic rings. The molecule has 1 rings (SSSR count). The number of methoxy groups -OCH3 is 1. The molecule has 74 valence electrons. The van der Waals surface area contributed by atoms with Crippen molar-refractivity contribution in [2.24, 2.45) is 10.9 Å². The SMILES string of the molecule is COC(C)C1=C(C(C)C)CCC=N1. The second-order valence-corrected chi connectivity index (χ2v) is 3.79. The van der Waals surface area contributed by atoms with E-state index in [-0.39, 0.29) is 6.10 Å². The summed E-state index contributed by atoms with van der Waals surface area (Å²) in [6, 6.07) is 0. The van der Waals surface area contributed by atoms with Crippen LogP contribution in [0.2, 0.25) is 0 Å². The summed E-state index contributed by atoms with van der Waals surface area (Å²) < 4.78 is 5.30. The molecule has 1 aliphatic rings. The Kier molecular flexibility index (Phi) is 3.67. The van der Waals surface area contributed by atoms with E-state index in [9.17, 15) is 0 Å². The van der Waals surface area contributed by atoms with Crippen molar-refractivity contribution in [3.8, 4) is 0 Å². The average Bonchev–Trinajstić information content (AvgIpc) is 2.16. The van der Waals surface area contributed by atoms with Crippen LogP contribution >= 0.6 is 0 Å². The third-order valence-corrected chi connectivity index (χ3v) is 2.54. The van der Waals surface area contributed by atoms with Gasteiger partial charge in [0.05, 0.1) is 11.8 Å². The van der Waals surface area contributed by atoms with Gasteiger partial charge in [-0.05, 0) is 31.3 Å². The number of ether oxygens (including phenoxy) is 1. The Morgan fingerprint density at radius 1 is 1.38 bits per heavy atom. The molecular formula is C11H19NO. The number of allylic oxidation sites excluding steroid dienone is 1. The van der Waals surface area contributed by atoms with E-state index >= 15 is 0 Å². The quantitative estimate of drug-likeness (QED) is 0.656. The number of rotatable bonds is 3. The number of aliphatic imine (C=N–C) groups is 1. The highest BCUT2D eigenvalue weighted by Gasteiger charge is 2.17. The van der Waals surface area contributed by atoms with Crippen molar-refractivity contribution in [1.82, 2.24) is 0 Å². The van der Waals surface area contributed by atoms with Crippen molar-refractivity contribution >= 4 is 6.21 Å². The highest BCUT2D eigenvalue weighted by atomic mass is 16.5. The molecule has 0 aromatic carbocycles. The molecule has 2 heteroatoms. The summed E-state index contributed by atoms with van der Waals surface area (Å²) in [4.78, 5) is 4.43. The molecule has 1 aliphatic heterocycles. The first-order valence-electron chi connectivity index (χ1n) is 4.95. The lowest BCUT2D eigenvalue weighted by Crippen LogP contribution is -2.15. The van der Waals surface area contributed by atoms with Crippen molar-refractivity contribution in [2.45, 2.75) is 39.7 Å². The minimum Gasteiger partial charge on any atom is -0.375 e. The van der Waals surface area contributed by atoms with Crippen LogP contribution in [0.3, 0.4) is 0 Å². The van der Waals surface area contributed by atoms with Crippen molar-refractivity contribution < 1.29 is 4.74 Å². The minimum absolute atomic E-state index is 0.133. The van der Waals surface area contributed by atoms with Crippen LogP contribution in [0.5, 0.6) is 0 Å². The fraction of sp³-hybridized carbons (Fsp3) is 0.727. The molecule has 0 radical (unpaired) electrons. The molecule has 1 atom stereocenters. The summed E-state index contributed by atoms with van der Waals surface area (Å²) in [5.74, 6) is 0.588. The monoisotopic (exact) mass is 181 g/mol. The van der Waals surface area contributed by atoms with Crippen LogP contribution < -0.4 is 0 Å². The summed E-state index contributed by atoms with van der Waals surface area (Å²) in [7, 11) is 1.74. The summed E-state index contributed by atoms with van der Waals surface area (Å²) >= 11 is 0. The topological polar surface area (TPSA) is 21.6 Å². The van der Waals surface area contributed by atoms with Gasteiger partial charge in [0.2, 0.25) is 0 Å². The predicted molar refractivity (Wildman–Crippen MR) is 56.1 cm³/mol. The zero-order valence-corrected chi connectivity index (χ0v) is 9.00. The van der Waals surface area contributed by atoms with Gasteiger partial charge in [0.1, 0.15) is 0 Å². The Bertz CT molecular complexity index is 228. The molecule has 0 bridgehead atoms. The lowest BCUT2D eigenvalue weighted by atomic mass is 9.93. The first-order valence-corrected chi connectivity index (χ1v) is 4.95. The Labute approximate surface area is 80.7 Å². The van der Waals surface area contributed by atoms with E-state index in [2.05, 4.69) is 25.8 Å². The molecule has 0 aromatic heterocycles. The Hall–Kier alpha value is -0.630. The normalized spacial score (nSPS) is 19.8. The lowest BCUT2D eigenvalue weighted by Gasteiger charge is -2.21. The van der Waals surface area contributed by atoms with Gasteiger partial charge in [0.25, 0.3) is 0 Å². The van der Waals surface area contributed by atoms with Gasteiger partial charge in [-0.1, -0.05) is 13.8 Å². The van der Waals surface area contributed by atoms with Crippen molar-refractivity contribution in [1.29, 1.82) is 0 Å². The number of hydrogen-bond donors (Lipinski definition) is 0. The maximum atomic E-state index is 5.30. The van der Waals surface area contributed by atoms with E-state index in [4.69, 9.17) is 4.74 Å². The molecule has 0 amide bonds. The lowest BCUT2D eigenvalue weighted by molar-refractivity contribution is 0.144. The molecule has 13 heavy (non-hydrogen) atoms. The van der Waals surface area contributed by atoms with Gasteiger partial charge < -0.3 is 4.74 Å². The van der Waals surface area contributed by atoms with E-state index in [0.29, 0.717) is 5.92 Å². The maximum Gasteiger partial charge on any atom is 0.0962 e. The summed E-state index contributed by atoms with van der Waals surface area (Å²) in [5, 5.41) is 0. The second-order valence-electron chi connectivity index (χ2n) is 3.79. The molecule has 0 spiro atoms. The maximum absolute atomic E-state index is 5.30. The zero-order chi connectivity index (χ0) is 9.84. The first kappa shape index (κ1) is 10.5. The summed E-state index contributed by atoms with van der Waals surface area (Å²) in [6.45, 7) is 6.50. The number of hydrogen-bond acceptors (Lipinski definition) is 2. The van der Waals surface area contributed by atoms with Crippen LogP contribution in [-0.4, -0.2) is 19.4 Å². The van der Waals surface area contributed by atoms with Crippen molar-refractivity contribution in [3.63, 3.8) is 0 Å². The van der Waals surface area contributed by atoms with Crippen LogP contribution in [0.4, 0.5) is 0 Å². The van der Waals surface area contributed by atoms with Crippen LogP contribution in [-0.2, 0) is 4.74 Å². The standard InChI is InChI=1S/C11H19NO/c1-8(2)10-6-5-7-12-11(10)9(3)13-4/h7-9H,5-6H2,1-4H3. The fourth-order valence-electron chi connectivity index (χ4n) is 1.66. The second kappa shape index (κ2) is 4.56. The molecular weight excluding hydrogens is 162 g/mol. The van der Waals surface area contributed by atoms with Gasteiger partial charge in [0.15, 0.2) is 0 Å². The van der Waals surface area contributed by atoms with Crippen molar-refractivity contribution in [2.75, 3.05) is 7.11 Å². The van der Waals surface area contributed by atoms with Crippen LogP contribution in [0, 0.1) is 5.92 Å². The Morgan fingerprint density at radius 3 is 2.62 bits per heavy atom. The molecule has 0 N–H and O–H groups in total. The molecule has 1 unspecified atom stereocenters. The minimum atomic E-state index is 0.133. The third kappa shape index (κ3) is 2.41. The summed E-state index contributed by atoms with van der Waals surface area (Å²) in [5.41, 5.74) is 2.60. The fourth-order valence-corrected chi connectivity index (χ4v) is 1.66. The Balaban J connectivity index is 2.90. The highest BCUT2D eigenvalue weighted by Crippen LogP contribution is 2.26. The van der Waals surface area contributed by atoms with Gasteiger partial charge in [-0.15, -0.1) is 0 Å². The molecule has 0 aliphatic carbocycles. The van der Waals surface area contributed by atoms with Gasteiger partial charge in [0, 0.05) is 13.3 Å². The highest BCUT2D eigenvalue weighted by molar-refractivity contribution is 5.62. The average molecular weight is 181 g/mol. The first-order chi connectivity index (χ1) is 6.16. The molecule has 0 saturated carbocycles. The molecule has 2 nitrogen and oxygen atoms in total.